The number of hydrogen-bond acceptors (Lipinski definition) is 5. The summed E-state index contributed by atoms with van der Waals surface area (Å²) < 4.78 is 29.3. The van der Waals surface area contributed by atoms with Crippen LogP contribution >= 0.6 is 11.8 Å². The second kappa shape index (κ2) is 3.82. The predicted molar refractivity (Wildman–Crippen MR) is 47.2 cm³/mol. The monoisotopic (exact) mass is 227 g/mol. The van der Waals surface area contributed by atoms with Crippen LogP contribution in [0, 0.1) is 0 Å². The first-order valence-corrected chi connectivity index (χ1v) is 6.10. The fourth-order valence-electron chi connectivity index (χ4n) is 0.963. The van der Waals surface area contributed by atoms with Gasteiger partial charge in [-0.2, -0.15) is 8.42 Å². The Labute approximate surface area is 79.5 Å². The number of carboxylic acid groups (broad SMARTS) is 1. The lowest BCUT2D eigenvalue weighted by Crippen LogP contribution is -2.39. The molecule has 0 amide bonds. The molecule has 1 saturated heterocycles. The van der Waals surface area contributed by atoms with Crippen LogP contribution in [0.3, 0.4) is 0 Å². The van der Waals surface area contributed by atoms with Gasteiger partial charge in [0, 0.05) is 5.75 Å². The molecule has 13 heavy (non-hydrogen) atoms. The molecule has 8 heteroatoms. The minimum atomic E-state index is -4.03. The van der Waals surface area contributed by atoms with Crippen molar-refractivity contribution in [1.82, 2.24) is 5.32 Å². The zero-order valence-electron chi connectivity index (χ0n) is 6.50. The Hall–Kier alpha value is -0.310. The van der Waals surface area contributed by atoms with Crippen LogP contribution in [-0.2, 0) is 14.9 Å². The van der Waals surface area contributed by atoms with Crippen molar-refractivity contribution in [2.75, 3.05) is 11.5 Å². The molecule has 0 aliphatic carbocycles. The van der Waals surface area contributed by atoms with E-state index >= 15 is 0 Å². The van der Waals surface area contributed by atoms with Crippen molar-refractivity contribution in [2.24, 2.45) is 0 Å². The number of carbonyl (C=O) groups is 1. The maximum absolute atomic E-state index is 10.4. The average molecular weight is 227 g/mol. The highest BCUT2D eigenvalue weighted by Gasteiger charge is 2.31. The van der Waals surface area contributed by atoms with E-state index in [4.69, 9.17) is 9.66 Å². The van der Waals surface area contributed by atoms with Gasteiger partial charge in [-0.3, -0.25) is 14.7 Å². The summed E-state index contributed by atoms with van der Waals surface area (Å²) in [6.07, 6.45) is 0. The largest absolute Gasteiger partial charge is 0.480 e. The van der Waals surface area contributed by atoms with Gasteiger partial charge in [0.2, 0.25) is 0 Å². The maximum atomic E-state index is 10.4. The Bertz CT molecular complexity index is 300. The summed E-state index contributed by atoms with van der Waals surface area (Å²) >= 11 is 1.17. The smallest absolute Gasteiger partial charge is 0.321 e. The number of nitrogens with one attached hydrogen (secondary N) is 1. The van der Waals surface area contributed by atoms with Gasteiger partial charge in [0.25, 0.3) is 10.1 Å². The number of aliphatic carboxylic acids is 1. The Kier molecular flexibility index (Phi) is 3.17. The molecule has 2 atom stereocenters. The van der Waals surface area contributed by atoms with E-state index in [2.05, 4.69) is 5.32 Å². The summed E-state index contributed by atoms with van der Waals surface area (Å²) in [7, 11) is -4.03. The van der Waals surface area contributed by atoms with E-state index < -0.39 is 33.3 Å². The van der Waals surface area contributed by atoms with Crippen molar-refractivity contribution in [3.05, 3.63) is 0 Å². The molecule has 0 saturated carbocycles. The van der Waals surface area contributed by atoms with Crippen molar-refractivity contribution >= 4 is 27.8 Å². The van der Waals surface area contributed by atoms with E-state index in [-0.39, 0.29) is 0 Å². The summed E-state index contributed by atoms with van der Waals surface area (Å²) in [4.78, 5) is 10.4. The van der Waals surface area contributed by atoms with E-state index in [0.717, 1.165) is 0 Å². The van der Waals surface area contributed by atoms with Crippen LogP contribution in [0.1, 0.15) is 0 Å². The lowest BCUT2D eigenvalue weighted by atomic mass is 10.3. The lowest BCUT2D eigenvalue weighted by Gasteiger charge is -2.07. The molecular weight excluding hydrogens is 218 g/mol. The first kappa shape index (κ1) is 10.8. The van der Waals surface area contributed by atoms with Crippen LogP contribution in [0.5, 0.6) is 0 Å². The van der Waals surface area contributed by atoms with Crippen LogP contribution < -0.4 is 5.32 Å². The molecule has 1 aliphatic rings. The minimum absolute atomic E-state index is 0.315. The minimum Gasteiger partial charge on any atom is -0.480 e. The second-order valence-corrected chi connectivity index (χ2v) is 5.36. The van der Waals surface area contributed by atoms with Crippen molar-refractivity contribution in [3.63, 3.8) is 0 Å². The third kappa shape index (κ3) is 3.51. The highest BCUT2D eigenvalue weighted by atomic mass is 32.2. The van der Waals surface area contributed by atoms with Crippen LogP contribution in [0.25, 0.3) is 0 Å². The standard InChI is InChI=1S/C5H9NO5S2/c7-5(8)3-1-12-4(6-3)2-13(9,10)11/h3-4,6H,1-2H2,(H,7,8)(H,9,10,11). The molecule has 0 aromatic rings. The van der Waals surface area contributed by atoms with Crippen molar-refractivity contribution in [3.8, 4) is 0 Å². The molecule has 0 radical (unpaired) electrons. The van der Waals surface area contributed by atoms with Gasteiger partial charge in [-0.05, 0) is 0 Å². The molecule has 1 heterocycles. The van der Waals surface area contributed by atoms with Crippen molar-refractivity contribution < 1.29 is 22.9 Å². The number of carboxylic acids is 1. The van der Waals surface area contributed by atoms with Gasteiger partial charge >= 0.3 is 5.97 Å². The van der Waals surface area contributed by atoms with Crippen molar-refractivity contribution in [1.29, 1.82) is 0 Å². The predicted octanol–water partition coefficient (Wildman–Crippen LogP) is -1.01. The van der Waals surface area contributed by atoms with Gasteiger partial charge in [-0.1, -0.05) is 0 Å². The zero-order chi connectivity index (χ0) is 10.1. The summed E-state index contributed by atoms with van der Waals surface area (Å²) in [5.74, 6) is -1.15. The fourth-order valence-corrected chi connectivity index (χ4v) is 3.27. The summed E-state index contributed by atoms with van der Waals surface area (Å²) in [5, 5.41) is 10.6. The molecule has 1 fully saturated rings. The summed E-state index contributed by atoms with van der Waals surface area (Å²) in [5.41, 5.74) is 0. The van der Waals surface area contributed by atoms with Gasteiger partial charge in [-0.25, -0.2) is 0 Å². The normalized spacial score (nSPS) is 29.0. The maximum Gasteiger partial charge on any atom is 0.321 e. The second-order valence-electron chi connectivity index (χ2n) is 2.63. The van der Waals surface area contributed by atoms with E-state index in [9.17, 15) is 13.2 Å². The van der Waals surface area contributed by atoms with Gasteiger partial charge in [0.15, 0.2) is 0 Å². The number of hydrogen-bond donors (Lipinski definition) is 3. The van der Waals surface area contributed by atoms with E-state index in [1.165, 1.54) is 11.8 Å². The third-order valence-corrected chi connectivity index (χ3v) is 3.71. The highest BCUT2D eigenvalue weighted by Crippen LogP contribution is 2.19. The van der Waals surface area contributed by atoms with Gasteiger partial charge < -0.3 is 5.11 Å². The topological polar surface area (TPSA) is 104 Å². The first-order valence-electron chi connectivity index (χ1n) is 3.44. The summed E-state index contributed by atoms with van der Waals surface area (Å²) in [6.45, 7) is 0. The quantitative estimate of drug-likeness (QED) is 0.531. The molecule has 0 aromatic heterocycles. The van der Waals surface area contributed by atoms with Gasteiger partial charge in [-0.15, -0.1) is 11.8 Å². The Morgan fingerprint density at radius 3 is 2.62 bits per heavy atom. The van der Waals surface area contributed by atoms with Crippen LogP contribution in [-0.4, -0.2) is 47.0 Å². The van der Waals surface area contributed by atoms with Crippen LogP contribution in [0.4, 0.5) is 0 Å². The average Bonchev–Trinajstić information content (AvgIpc) is 2.31. The van der Waals surface area contributed by atoms with Gasteiger partial charge in [0.05, 0.1) is 5.37 Å². The Morgan fingerprint density at radius 1 is 1.62 bits per heavy atom. The zero-order valence-corrected chi connectivity index (χ0v) is 8.14. The number of thioether (sulfide) groups is 1. The molecular formula is C5H9NO5S2. The molecule has 0 aromatic carbocycles. The van der Waals surface area contributed by atoms with Crippen molar-refractivity contribution in [2.45, 2.75) is 11.4 Å². The molecule has 2 unspecified atom stereocenters. The van der Waals surface area contributed by atoms with E-state index in [0.29, 0.717) is 5.75 Å². The molecule has 1 rings (SSSR count). The SMILES string of the molecule is O=C(O)C1CSC(CS(=O)(=O)O)N1. The molecule has 1 aliphatic heterocycles. The van der Waals surface area contributed by atoms with Gasteiger partial charge in [0.1, 0.15) is 11.8 Å². The van der Waals surface area contributed by atoms with E-state index in [1.54, 1.807) is 0 Å². The Morgan fingerprint density at radius 2 is 2.23 bits per heavy atom. The van der Waals surface area contributed by atoms with Crippen LogP contribution in [0.15, 0.2) is 0 Å². The lowest BCUT2D eigenvalue weighted by molar-refractivity contribution is -0.138. The van der Waals surface area contributed by atoms with Crippen LogP contribution in [0.2, 0.25) is 0 Å². The Balaban J connectivity index is 2.47. The molecule has 3 N–H and O–H groups in total. The third-order valence-electron chi connectivity index (χ3n) is 1.51. The number of rotatable bonds is 3. The molecule has 0 spiro atoms. The summed E-state index contributed by atoms with van der Waals surface area (Å²) in [6, 6.07) is -0.725. The molecule has 76 valence electrons. The first-order chi connectivity index (χ1) is 5.88. The van der Waals surface area contributed by atoms with E-state index in [1.807, 2.05) is 0 Å². The molecule has 6 nitrogen and oxygen atoms in total. The molecule has 0 bridgehead atoms. The highest BCUT2D eigenvalue weighted by molar-refractivity contribution is 8.01. The fraction of sp³-hybridized carbons (Fsp3) is 0.800.